The van der Waals surface area contributed by atoms with Crippen LogP contribution in [0, 0.1) is 0 Å². The molecule has 0 aliphatic carbocycles. The molecule has 0 saturated heterocycles. The van der Waals surface area contributed by atoms with Crippen molar-refractivity contribution >= 4 is 28.7 Å². The zero-order valence-corrected chi connectivity index (χ0v) is 16.3. The molecule has 0 unspecified atom stereocenters. The molecule has 0 atom stereocenters. The Kier molecular flexibility index (Phi) is 4.06. The predicted molar refractivity (Wildman–Crippen MR) is 111 cm³/mol. The fourth-order valence-corrected chi connectivity index (χ4v) is 3.81. The lowest BCUT2D eigenvalue weighted by Gasteiger charge is -2.03. The van der Waals surface area contributed by atoms with Crippen molar-refractivity contribution < 1.29 is 23.8 Å². The number of ether oxygens (including phenoxy) is 3. The summed E-state index contributed by atoms with van der Waals surface area (Å²) >= 11 is 0. The highest BCUT2D eigenvalue weighted by atomic mass is 16.5. The van der Waals surface area contributed by atoms with Crippen molar-refractivity contribution in [3.8, 4) is 17.2 Å². The van der Waals surface area contributed by atoms with E-state index in [1.165, 1.54) is 0 Å². The zero-order valence-electron chi connectivity index (χ0n) is 16.3. The van der Waals surface area contributed by atoms with E-state index in [1.807, 2.05) is 24.3 Å². The van der Waals surface area contributed by atoms with E-state index in [-0.39, 0.29) is 5.91 Å². The van der Waals surface area contributed by atoms with Gasteiger partial charge >= 0.3 is 5.97 Å². The van der Waals surface area contributed by atoms with Crippen LogP contribution in [0.2, 0.25) is 0 Å². The quantitative estimate of drug-likeness (QED) is 0.537. The number of nitrogens with one attached hydrogen (secondary N) is 1. The van der Waals surface area contributed by atoms with Crippen molar-refractivity contribution in [2.24, 2.45) is 0 Å². The Labute approximate surface area is 172 Å². The molecular weight excluding hydrogens is 382 g/mol. The van der Waals surface area contributed by atoms with Gasteiger partial charge in [-0.2, -0.15) is 0 Å². The Hall–Kier alpha value is -4.06. The SMILES string of the molecule is COc1ccc(C2=c3cc4c(cc3NC2=O)=C(c2ccc(OC)cc2)C(=O)O4)cc1. The van der Waals surface area contributed by atoms with Crippen LogP contribution in [0.5, 0.6) is 17.2 Å². The van der Waals surface area contributed by atoms with E-state index in [2.05, 4.69) is 5.32 Å². The van der Waals surface area contributed by atoms with Crippen LogP contribution in [0.3, 0.4) is 0 Å². The van der Waals surface area contributed by atoms with E-state index in [4.69, 9.17) is 14.2 Å². The molecule has 0 bridgehead atoms. The molecule has 30 heavy (non-hydrogen) atoms. The Balaban J connectivity index is 1.70. The highest BCUT2D eigenvalue weighted by Gasteiger charge is 2.29. The molecule has 0 radical (unpaired) electrons. The Morgan fingerprint density at radius 3 is 1.87 bits per heavy atom. The third kappa shape index (κ3) is 2.73. The summed E-state index contributed by atoms with van der Waals surface area (Å²) in [6.07, 6.45) is 0. The minimum Gasteiger partial charge on any atom is -0.497 e. The Morgan fingerprint density at radius 1 is 0.733 bits per heavy atom. The second kappa shape index (κ2) is 6.77. The van der Waals surface area contributed by atoms with Crippen molar-refractivity contribution in [1.29, 1.82) is 0 Å². The van der Waals surface area contributed by atoms with Crippen LogP contribution in [0.15, 0.2) is 60.7 Å². The topological polar surface area (TPSA) is 73.9 Å². The number of hydrogen-bond acceptors (Lipinski definition) is 5. The van der Waals surface area contributed by atoms with Crippen LogP contribution >= 0.6 is 0 Å². The van der Waals surface area contributed by atoms with Crippen molar-refractivity contribution in [2.75, 3.05) is 19.5 Å². The Morgan fingerprint density at radius 2 is 1.30 bits per heavy atom. The average molecular weight is 399 g/mol. The highest BCUT2D eigenvalue weighted by molar-refractivity contribution is 6.29. The molecule has 3 aromatic carbocycles. The maximum Gasteiger partial charge on any atom is 0.344 e. The van der Waals surface area contributed by atoms with E-state index < -0.39 is 5.97 Å². The minimum absolute atomic E-state index is 0.198. The zero-order chi connectivity index (χ0) is 20.8. The van der Waals surface area contributed by atoms with E-state index >= 15 is 0 Å². The lowest BCUT2D eigenvalue weighted by molar-refractivity contribution is -0.127. The van der Waals surface area contributed by atoms with E-state index in [1.54, 1.807) is 50.6 Å². The van der Waals surface area contributed by atoms with Gasteiger partial charge in [-0.15, -0.1) is 0 Å². The van der Waals surface area contributed by atoms with Gasteiger partial charge < -0.3 is 19.5 Å². The number of amides is 1. The molecule has 0 spiro atoms. The minimum atomic E-state index is -0.420. The number of fused-ring (bicyclic) bond motifs is 2. The van der Waals surface area contributed by atoms with E-state index in [0.29, 0.717) is 44.5 Å². The summed E-state index contributed by atoms with van der Waals surface area (Å²) in [5.74, 6) is 1.23. The number of hydrogen-bond donors (Lipinski definition) is 1. The van der Waals surface area contributed by atoms with Crippen LogP contribution in [0.1, 0.15) is 11.1 Å². The second-order valence-electron chi connectivity index (χ2n) is 6.94. The van der Waals surface area contributed by atoms with Crippen LogP contribution in [0.25, 0.3) is 11.1 Å². The smallest absolute Gasteiger partial charge is 0.344 e. The van der Waals surface area contributed by atoms with E-state index in [0.717, 1.165) is 11.1 Å². The lowest BCUT2D eigenvalue weighted by atomic mass is 10.0. The van der Waals surface area contributed by atoms with Gasteiger partial charge in [0.05, 0.1) is 25.4 Å². The van der Waals surface area contributed by atoms with Gasteiger partial charge in [0.2, 0.25) is 0 Å². The van der Waals surface area contributed by atoms with Crippen LogP contribution < -0.4 is 30.0 Å². The first-order chi connectivity index (χ1) is 14.6. The molecule has 1 N–H and O–H groups in total. The van der Waals surface area contributed by atoms with Crippen molar-refractivity contribution in [1.82, 2.24) is 0 Å². The maximum atomic E-state index is 12.7. The number of carbonyl (C=O) groups is 2. The summed E-state index contributed by atoms with van der Waals surface area (Å²) in [7, 11) is 3.18. The normalized spacial score (nSPS) is 14.2. The second-order valence-corrected chi connectivity index (χ2v) is 6.94. The number of methoxy groups -OCH3 is 2. The van der Waals surface area contributed by atoms with Gasteiger partial charge in [0.1, 0.15) is 17.2 Å². The fraction of sp³-hybridized carbons (Fsp3) is 0.0833. The average Bonchev–Trinajstić information content (AvgIpc) is 3.26. The first kappa shape index (κ1) is 18.0. The molecule has 6 heteroatoms. The molecule has 0 saturated carbocycles. The first-order valence-electron chi connectivity index (χ1n) is 9.34. The van der Waals surface area contributed by atoms with Crippen molar-refractivity contribution in [2.45, 2.75) is 0 Å². The molecule has 0 aromatic heterocycles. The molecule has 0 fully saturated rings. The van der Waals surface area contributed by atoms with Gasteiger partial charge in [-0.1, -0.05) is 24.3 Å². The van der Waals surface area contributed by atoms with Gasteiger partial charge in [0, 0.05) is 16.1 Å². The van der Waals surface area contributed by atoms with Crippen molar-refractivity contribution in [3.63, 3.8) is 0 Å². The summed E-state index contributed by atoms with van der Waals surface area (Å²) in [6.45, 7) is 0. The molecular formula is C24H17NO5. The monoisotopic (exact) mass is 399 g/mol. The molecule has 2 aliphatic rings. The highest BCUT2D eigenvalue weighted by Crippen LogP contribution is 2.27. The van der Waals surface area contributed by atoms with Gasteiger partial charge in [-0.25, -0.2) is 4.79 Å². The first-order valence-corrected chi connectivity index (χ1v) is 9.34. The van der Waals surface area contributed by atoms with Gasteiger partial charge in [0.15, 0.2) is 0 Å². The summed E-state index contributed by atoms with van der Waals surface area (Å²) in [5.41, 5.74) is 3.12. The predicted octanol–water partition coefficient (Wildman–Crippen LogP) is 1.97. The van der Waals surface area contributed by atoms with Crippen LogP contribution in [-0.4, -0.2) is 26.1 Å². The molecule has 3 aromatic rings. The van der Waals surface area contributed by atoms with Crippen LogP contribution in [-0.2, 0) is 9.59 Å². The van der Waals surface area contributed by atoms with Gasteiger partial charge in [-0.3, -0.25) is 4.79 Å². The Bertz CT molecular complexity index is 1220. The largest absolute Gasteiger partial charge is 0.497 e. The summed E-state index contributed by atoms with van der Waals surface area (Å²) in [6, 6.07) is 18.0. The fourth-order valence-electron chi connectivity index (χ4n) is 3.81. The molecule has 2 aliphatic heterocycles. The molecule has 6 nitrogen and oxygen atoms in total. The molecule has 2 heterocycles. The number of benzene rings is 3. The van der Waals surface area contributed by atoms with Gasteiger partial charge in [-0.05, 0) is 47.5 Å². The third-order valence-corrected chi connectivity index (χ3v) is 5.30. The van der Waals surface area contributed by atoms with Gasteiger partial charge in [0.25, 0.3) is 5.91 Å². The standard InChI is InChI=1S/C24H17NO5/c1-28-15-7-3-13(4-8-15)21-17-12-20-18(11-19(17)25-23(21)26)22(24(27)30-20)14-5-9-16(29-2)10-6-14/h3-12H,1-2H3,(H,25,26). The van der Waals surface area contributed by atoms with E-state index in [9.17, 15) is 9.59 Å². The summed E-state index contributed by atoms with van der Waals surface area (Å²) in [5, 5.41) is 4.26. The maximum absolute atomic E-state index is 12.7. The summed E-state index contributed by atoms with van der Waals surface area (Å²) in [4.78, 5) is 25.3. The summed E-state index contributed by atoms with van der Waals surface area (Å²) < 4.78 is 15.9. The number of rotatable bonds is 4. The lowest BCUT2D eigenvalue weighted by Crippen LogP contribution is -2.12. The van der Waals surface area contributed by atoms with Crippen LogP contribution in [0.4, 0.5) is 5.69 Å². The number of esters is 1. The molecule has 1 amide bonds. The number of carbonyl (C=O) groups excluding carboxylic acids is 2. The number of anilines is 1. The van der Waals surface area contributed by atoms with Crippen molar-refractivity contribution in [3.05, 3.63) is 82.2 Å². The molecule has 5 rings (SSSR count). The third-order valence-electron chi connectivity index (χ3n) is 5.30. The molecule has 148 valence electrons.